The van der Waals surface area contributed by atoms with Gasteiger partial charge in [-0.1, -0.05) is 83.9 Å². The number of rotatable bonds is 7. The van der Waals surface area contributed by atoms with E-state index in [2.05, 4.69) is 47.2 Å². The van der Waals surface area contributed by atoms with Crippen LogP contribution in [0.5, 0.6) is 0 Å². The van der Waals surface area contributed by atoms with Crippen LogP contribution in [0, 0.1) is 6.92 Å². The van der Waals surface area contributed by atoms with Crippen LogP contribution >= 0.6 is 27.3 Å². The number of aromatic nitrogens is 1. The normalized spacial score (nSPS) is 11.2. The van der Waals surface area contributed by atoms with Crippen molar-refractivity contribution in [2.75, 3.05) is 11.9 Å². The number of thiophene rings is 1. The summed E-state index contributed by atoms with van der Waals surface area (Å²) in [5, 5.41) is 6.06. The molecule has 0 atom stereocenters. The summed E-state index contributed by atoms with van der Waals surface area (Å²) in [6.45, 7) is 8.33. The lowest BCUT2D eigenvalue weighted by molar-refractivity contribution is 0.0529. The van der Waals surface area contributed by atoms with Gasteiger partial charge in [-0.15, -0.1) is 11.3 Å². The molecule has 1 N–H and O–H groups in total. The highest BCUT2D eigenvalue weighted by Gasteiger charge is 2.24. The number of carbonyl (C=O) groups is 2. The third-order valence-corrected chi connectivity index (χ3v) is 8.14. The first-order valence-electron chi connectivity index (χ1n) is 13.1. The number of ether oxygens (including phenoxy) is 1. The molecule has 5 rings (SSSR count). The van der Waals surface area contributed by atoms with Gasteiger partial charge in [0.25, 0.3) is 5.91 Å². The Bertz CT molecular complexity index is 1710. The van der Waals surface area contributed by atoms with Crippen molar-refractivity contribution in [2.45, 2.75) is 33.6 Å². The van der Waals surface area contributed by atoms with Crippen LogP contribution in [0.2, 0.25) is 0 Å². The first-order chi connectivity index (χ1) is 19.2. The van der Waals surface area contributed by atoms with Crippen molar-refractivity contribution >= 4 is 55.0 Å². The second kappa shape index (κ2) is 11.7. The van der Waals surface area contributed by atoms with E-state index in [0.717, 1.165) is 26.7 Å². The highest BCUT2D eigenvalue weighted by atomic mass is 79.9. The molecule has 0 fully saturated rings. The first kappa shape index (κ1) is 27.7. The maximum Gasteiger partial charge on any atom is 0.341 e. The van der Waals surface area contributed by atoms with Crippen LogP contribution < -0.4 is 5.32 Å². The zero-order valence-electron chi connectivity index (χ0n) is 22.7. The summed E-state index contributed by atoms with van der Waals surface area (Å²) >= 11 is 4.84. The number of hydrogen-bond donors (Lipinski definition) is 1. The predicted octanol–water partition coefficient (Wildman–Crippen LogP) is 9.25. The van der Waals surface area contributed by atoms with Crippen molar-refractivity contribution in [3.63, 3.8) is 0 Å². The number of fused-ring (bicyclic) bond motifs is 1. The molecule has 2 heterocycles. The number of hydrogen-bond acceptors (Lipinski definition) is 5. The van der Waals surface area contributed by atoms with Crippen molar-refractivity contribution < 1.29 is 14.3 Å². The Morgan fingerprint density at radius 3 is 2.35 bits per heavy atom. The highest BCUT2D eigenvalue weighted by Crippen LogP contribution is 2.37. The number of benzene rings is 3. The molecule has 0 spiro atoms. The van der Waals surface area contributed by atoms with E-state index in [9.17, 15) is 9.59 Å². The Kier molecular flexibility index (Phi) is 8.14. The molecule has 5 aromatic rings. The van der Waals surface area contributed by atoms with E-state index < -0.39 is 5.97 Å². The van der Waals surface area contributed by atoms with Crippen LogP contribution in [0.15, 0.2) is 82.6 Å². The fraction of sp³-hybridized carbons (Fsp3) is 0.182. The number of amides is 1. The van der Waals surface area contributed by atoms with Gasteiger partial charge in [0.1, 0.15) is 10.6 Å². The minimum absolute atomic E-state index is 0.234. The summed E-state index contributed by atoms with van der Waals surface area (Å²) < 4.78 is 6.23. The quantitative estimate of drug-likeness (QED) is 0.186. The molecule has 5 nitrogen and oxygen atoms in total. The molecule has 202 valence electrons. The lowest BCUT2D eigenvalue weighted by Gasteiger charge is -2.13. The molecular formula is C33H29BrN2O3S. The Morgan fingerprint density at radius 1 is 0.975 bits per heavy atom. The summed E-state index contributed by atoms with van der Waals surface area (Å²) in [6.07, 6.45) is 0. The van der Waals surface area contributed by atoms with Gasteiger partial charge >= 0.3 is 5.97 Å². The second-order valence-electron chi connectivity index (χ2n) is 9.89. The number of anilines is 1. The third kappa shape index (κ3) is 5.71. The first-order valence-corrected chi connectivity index (χ1v) is 14.8. The molecule has 0 saturated carbocycles. The fourth-order valence-corrected chi connectivity index (χ4v) is 5.86. The van der Waals surface area contributed by atoms with E-state index in [1.807, 2.05) is 73.0 Å². The molecule has 0 unspecified atom stereocenters. The summed E-state index contributed by atoms with van der Waals surface area (Å²) in [5.74, 6) is -0.377. The molecule has 1 amide bonds. The summed E-state index contributed by atoms with van der Waals surface area (Å²) in [7, 11) is 0. The summed E-state index contributed by atoms with van der Waals surface area (Å²) in [5.41, 5.74) is 7.12. The number of aryl methyl sites for hydroxylation is 1. The van der Waals surface area contributed by atoms with Gasteiger partial charge in [-0.05, 0) is 55.2 Å². The van der Waals surface area contributed by atoms with Crippen molar-refractivity contribution in [1.82, 2.24) is 4.98 Å². The highest BCUT2D eigenvalue weighted by molar-refractivity contribution is 9.10. The summed E-state index contributed by atoms with van der Waals surface area (Å²) in [6, 6.07) is 23.7. The molecule has 0 aliphatic rings. The molecule has 7 heteroatoms. The van der Waals surface area contributed by atoms with Crippen LogP contribution in [-0.4, -0.2) is 23.5 Å². The van der Waals surface area contributed by atoms with Crippen LogP contribution in [0.4, 0.5) is 5.00 Å². The van der Waals surface area contributed by atoms with Crippen LogP contribution in [-0.2, 0) is 4.74 Å². The number of carbonyl (C=O) groups excluding carboxylic acids is 2. The van der Waals surface area contributed by atoms with Gasteiger partial charge in [0.2, 0.25) is 0 Å². The smallest absolute Gasteiger partial charge is 0.341 e. The zero-order chi connectivity index (χ0) is 28.4. The van der Waals surface area contributed by atoms with Gasteiger partial charge in [0.05, 0.1) is 23.4 Å². The van der Waals surface area contributed by atoms with Gasteiger partial charge in [-0.2, -0.15) is 0 Å². The van der Waals surface area contributed by atoms with Gasteiger partial charge < -0.3 is 10.1 Å². The average molecular weight is 614 g/mol. The van der Waals surface area contributed by atoms with Crippen molar-refractivity contribution in [3.05, 3.63) is 105 Å². The van der Waals surface area contributed by atoms with Crippen molar-refractivity contribution in [1.29, 1.82) is 0 Å². The topological polar surface area (TPSA) is 68.3 Å². The maximum absolute atomic E-state index is 13.9. The van der Waals surface area contributed by atoms with Crippen molar-refractivity contribution in [3.8, 4) is 22.4 Å². The van der Waals surface area contributed by atoms with E-state index in [1.165, 1.54) is 16.9 Å². The maximum atomic E-state index is 13.9. The van der Waals surface area contributed by atoms with E-state index in [-0.39, 0.29) is 12.5 Å². The number of esters is 1. The monoisotopic (exact) mass is 612 g/mol. The minimum atomic E-state index is -0.470. The van der Waals surface area contributed by atoms with E-state index in [0.29, 0.717) is 38.6 Å². The molecule has 0 aliphatic carbocycles. The number of nitrogens with one attached hydrogen (secondary N) is 1. The van der Waals surface area contributed by atoms with Crippen LogP contribution in [0.25, 0.3) is 33.3 Å². The number of halogens is 1. The predicted molar refractivity (Wildman–Crippen MR) is 167 cm³/mol. The largest absolute Gasteiger partial charge is 0.462 e. The van der Waals surface area contributed by atoms with Gasteiger partial charge in [-0.25, -0.2) is 9.78 Å². The van der Waals surface area contributed by atoms with Gasteiger partial charge in [0.15, 0.2) is 0 Å². The lowest BCUT2D eigenvalue weighted by Crippen LogP contribution is -2.15. The Labute approximate surface area is 246 Å². The van der Waals surface area contributed by atoms with E-state index in [4.69, 9.17) is 9.72 Å². The molecule has 40 heavy (non-hydrogen) atoms. The molecule has 0 radical (unpaired) electrons. The Balaban J connectivity index is 1.58. The van der Waals surface area contributed by atoms with Crippen molar-refractivity contribution in [2.24, 2.45) is 0 Å². The van der Waals surface area contributed by atoms with Crippen LogP contribution in [0.3, 0.4) is 0 Å². The zero-order valence-corrected chi connectivity index (χ0v) is 25.2. The molecule has 2 aromatic heterocycles. The molecule has 0 saturated heterocycles. The number of pyridine rings is 1. The molecule has 3 aromatic carbocycles. The van der Waals surface area contributed by atoms with E-state index in [1.54, 1.807) is 6.92 Å². The minimum Gasteiger partial charge on any atom is -0.462 e. The fourth-order valence-electron chi connectivity index (χ4n) is 4.54. The standard InChI is InChI=1S/C33H29BrN2O3S/c1-5-39-33(38)30-27(22-8-6-20(4)7-9-22)18-40-32(30)36-31(37)26-17-29(23-12-10-21(11-13-23)19(2)3)35-28-15-14-24(34)16-25(26)28/h6-19H,5H2,1-4H3,(H,36,37). The second-order valence-corrected chi connectivity index (χ2v) is 11.7. The Hall–Kier alpha value is -3.81. The van der Waals surface area contributed by atoms with E-state index >= 15 is 0 Å². The van der Waals surface area contributed by atoms with Gasteiger partial charge in [-0.3, -0.25) is 4.79 Å². The lowest BCUT2D eigenvalue weighted by atomic mass is 9.99. The average Bonchev–Trinajstić information content (AvgIpc) is 3.36. The SMILES string of the molecule is CCOC(=O)c1c(-c2ccc(C)cc2)csc1NC(=O)c1cc(-c2ccc(C(C)C)cc2)nc2ccc(Br)cc12. The van der Waals surface area contributed by atoms with Gasteiger partial charge in [0, 0.05) is 26.4 Å². The summed E-state index contributed by atoms with van der Waals surface area (Å²) in [4.78, 5) is 31.8. The number of nitrogens with zero attached hydrogens (tertiary/aromatic N) is 1. The molecular weight excluding hydrogens is 584 g/mol. The molecule has 0 bridgehead atoms. The Morgan fingerprint density at radius 2 is 1.68 bits per heavy atom. The third-order valence-electron chi connectivity index (χ3n) is 6.75. The van der Waals surface area contributed by atoms with Crippen LogP contribution in [0.1, 0.15) is 58.5 Å². The molecule has 0 aliphatic heterocycles.